The van der Waals surface area contributed by atoms with Crippen molar-refractivity contribution in [1.29, 1.82) is 0 Å². The number of aromatic nitrogens is 3. The number of aryl methyl sites for hydroxylation is 1. The van der Waals surface area contributed by atoms with E-state index >= 15 is 0 Å². The Bertz CT molecular complexity index is 1050. The summed E-state index contributed by atoms with van der Waals surface area (Å²) in [6.07, 6.45) is 5.50. The van der Waals surface area contributed by atoms with Gasteiger partial charge in [0, 0.05) is 33.7 Å². The molecule has 0 aromatic carbocycles. The minimum absolute atomic E-state index is 0.106. The number of amides is 1. The minimum atomic E-state index is -0.446. The Balaban J connectivity index is 1.78. The molecule has 4 rings (SSSR count). The summed E-state index contributed by atoms with van der Waals surface area (Å²) in [7, 11) is 5.13. The molecule has 0 bridgehead atoms. The first kappa shape index (κ1) is 18.9. The Morgan fingerprint density at radius 2 is 1.71 bits per heavy atom. The highest BCUT2D eigenvalue weighted by atomic mass is 16.2. The van der Waals surface area contributed by atoms with E-state index in [1.54, 1.807) is 19.2 Å². The van der Waals surface area contributed by atoms with Gasteiger partial charge in [0.1, 0.15) is 11.3 Å². The van der Waals surface area contributed by atoms with Crippen LogP contribution in [0.1, 0.15) is 42.6 Å². The largest absolute Gasteiger partial charge is 0.332 e. The van der Waals surface area contributed by atoms with E-state index in [1.807, 2.05) is 4.90 Å². The van der Waals surface area contributed by atoms with Crippen molar-refractivity contribution in [1.82, 2.24) is 23.9 Å². The predicted molar refractivity (Wildman–Crippen MR) is 107 cm³/mol. The van der Waals surface area contributed by atoms with Gasteiger partial charge in [-0.25, -0.2) is 9.78 Å². The lowest BCUT2D eigenvalue weighted by Gasteiger charge is -2.52. The summed E-state index contributed by atoms with van der Waals surface area (Å²) < 4.78 is 2.39. The van der Waals surface area contributed by atoms with Gasteiger partial charge in [-0.3, -0.25) is 18.7 Å². The number of rotatable bonds is 1. The zero-order valence-electron chi connectivity index (χ0n) is 16.8. The second-order valence-electron chi connectivity index (χ2n) is 8.25. The van der Waals surface area contributed by atoms with Gasteiger partial charge in [-0.2, -0.15) is 0 Å². The highest BCUT2D eigenvalue weighted by Crippen LogP contribution is 2.37. The lowest BCUT2D eigenvalue weighted by Crippen LogP contribution is -2.63. The molecule has 0 unspecified atom stereocenters. The van der Waals surface area contributed by atoms with Gasteiger partial charge in [-0.15, -0.1) is 0 Å². The number of pyridine rings is 1. The molecule has 1 aliphatic carbocycles. The summed E-state index contributed by atoms with van der Waals surface area (Å²) in [5.74, 6) is -0.106. The molecule has 8 heteroatoms. The van der Waals surface area contributed by atoms with Gasteiger partial charge in [-0.05, 0) is 32.0 Å². The van der Waals surface area contributed by atoms with Crippen LogP contribution in [-0.4, -0.2) is 62.0 Å². The van der Waals surface area contributed by atoms with E-state index in [0.717, 1.165) is 43.3 Å². The molecule has 28 heavy (non-hydrogen) atoms. The van der Waals surface area contributed by atoms with Gasteiger partial charge in [0.05, 0.1) is 10.9 Å². The van der Waals surface area contributed by atoms with E-state index in [9.17, 15) is 14.4 Å². The Morgan fingerprint density at radius 1 is 1.00 bits per heavy atom. The molecule has 2 aliphatic rings. The molecule has 2 aromatic rings. The standard InChI is InChI=1S/C20H27N5O3/c1-22-11-12-25(20(13-22)9-5-4-6-10-20)18(27)15-8-7-14-16(21-15)23(2)19(28)24(3)17(14)26/h7-8H,4-6,9-13H2,1-3H3. The monoisotopic (exact) mass is 385 g/mol. The third-order valence-corrected chi connectivity index (χ3v) is 6.39. The van der Waals surface area contributed by atoms with Gasteiger partial charge in [0.25, 0.3) is 11.5 Å². The zero-order chi connectivity index (χ0) is 20.1. The van der Waals surface area contributed by atoms with Gasteiger partial charge in [-0.1, -0.05) is 19.3 Å². The fraction of sp³-hybridized carbons (Fsp3) is 0.600. The number of likely N-dealkylation sites (N-methyl/N-ethyl adjacent to an activating group) is 1. The minimum Gasteiger partial charge on any atom is -0.329 e. The number of carbonyl (C=O) groups excluding carboxylic acids is 1. The summed E-state index contributed by atoms with van der Waals surface area (Å²) >= 11 is 0. The molecule has 3 heterocycles. The predicted octanol–water partition coefficient (Wildman–Crippen LogP) is 0.723. The molecule has 1 saturated heterocycles. The maximum absolute atomic E-state index is 13.4. The second kappa shape index (κ2) is 6.84. The van der Waals surface area contributed by atoms with Crippen LogP contribution in [0.3, 0.4) is 0 Å². The highest BCUT2D eigenvalue weighted by Gasteiger charge is 2.44. The van der Waals surface area contributed by atoms with Crippen LogP contribution in [0.5, 0.6) is 0 Å². The van der Waals surface area contributed by atoms with Crippen molar-refractivity contribution in [2.75, 3.05) is 26.7 Å². The summed E-state index contributed by atoms with van der Waals surface area (Å²) in [6.45, 7) is 2.38. The SMILES string of the molecule is CN1CCN(C(=O)c2ccc3c(=O)n(C)c(=O)n(C)c3n2)C2(CCCCC2)C1. The van der Waals surface area contributed by atoms with Crippen molar-refractivity contribution >= 4 is 16.9 Å². The molecular weight excluding hydrogens is 358 g/mol. The van der Waals surface area contributed by atoms with Crippen LogP contribution in [0.4, 0.5) is 0 Å². The van der Waals surface area contributed by atoms with E-state index in [0.29, 0.717) is 17.6 Å². The molecule has 0 N–H and O–H groups in total. The number of hydrogen-bond donors (Lipinski definition) is 0. The van der Waals surface area contributed by atoms with Gasteiger partial charge < -0.3 is 9.80 Å². The van der Waals surface area contributed by atoms with Crippen LogP contribution in [0.2, 0.25) is 0 Å². The van der Waals surface area contributed by atoms with Crippen molar-refractivity contribution < 1.29 is 4.79 Å². The Labute approximate surface area is 163 Å². The molecular formula is C20H27N5O3. The highest BCUT2D eigenvalue weighted by molar-refractivity contribution is 5.95. The van der Waals surface area contributed by atoms with Crippen molar-refractivity contribution in [2.24, 2.45) is 14.1 Å². The number of fused-ring (bicyclic) bond motifs is 1. The Morgan fingerprint density at radius 3 is 2.43 bits per heavy atom. The molecule has 2 fully saturated rings. The first-order valence-electron chi connectivity index (χ1n) is 9.91. The molecule has 8 nitrogen and oxygen atoms in total. The Hall–Kier alpha value is -2.48. The zero-order valence-corrected chi connectivity index (χ0v) is 16.8. The second-order valence-corrected chi connectivity index (χ2v) is 8.25. The van der Waals surface area contributed by atoms with Crippen LogP contribution < -0.4 is 11.2 Å². The van der Waals surface area contributed by atoms with Crippen LogP contribution in [0, 0.1) is 0 Å². The summed E-state index contributed by atoms with van der Waals surface area (Å²) in [5, 5.41) is 0.340. The van der Waals surface area contributed by atoms with Crippen molar-refractivity contribution in [3.63, 3.8) is 0 Å². The molecule has 1 saturated carbocycles. The van der Waals surface area contributed by atoms with Crippen LogP contribution in [0.25, 0.3) is 11.0 Å². The molecule has 150 valence electrons. The quantitative estimate of drug-likeness (QED) is 0.723. The fourth-order valence-corrected chi connectivity index (χ4v) is 4.84. The maximum Gasteiger partial charge on any atom is 0.332 e. The van der Waals surface area contributed by atoms with E-state index < -0.39 is 11.2 Å². The lowest BCUT2D eigenvalue weighted by molar-refractivity contribution is -0.00814. The molecule has 1 spiro atoms. The van der Waals surface area contributed by atoms with Crippen LogP contribution in [-0.2, 0) is 14.1 Å². The number of carbonyl (C=O) groups is 1. The first-order chi connectivity index (χ1) is 13.3. The van der Waals surface area contributed by atoms with Crippen molar-refractivity contribution in [3.05, 3.63) is 38.7 Å². The lowest BCUT2D eigenvalue weighted by atomic mass is 9.78. The van der Waals surface area contributed by atoms with Crippen molar-refractivity contribution in [2.45, 2.75) is 37.6 Å². The summed E-state index contributed by atoms with van der Waals surface area (Å²) in [4.78, 5) is 46.8. The average molecular weight is 385 g/mol. The van der Waals surface area contributed by atoms with Crippen molar-refractivity contribution in [3.8, 4) is 0 Å². The van der Waals surface area contributed by atoms with E-state index in [2.05, 4.69) is 16.9 Å². The molecule has 0 atom stereocenters. The van der Waals surface area contributed by atoms with E-state index in [4.69, 9.17) is 0 Å². The van der Waals surface area contributed by atoms with Gasteiger partial charge in [0.2, 0.25) is 0 Å². The third-order valence-electron chi connectivity index (χ3n) is 6.39. The van der Waals surface area contributed by atoms with E-state index in [1.165, 1.54) is 18.0 Å². The third kappa shape index (κ3) is 2.87. The Kier molecular flexibility index (Phi) is 4.61. The average Bonchev–Trinajstić information content (AvgIpc) is 2.70. The van der Waals surface area contributed by atoms with Gasteiger partial charge in [0.15, 0.2) is 0 Å². The van der Waals surface area contributed by atoms with Crippen LogP contribution >= 0.6 is 0 Å². The summed E-state index contributed by atoms with van der Waals surface area (Å²) in [6, 6.07) is 3.23. The first-order valence-corrected chi connectivity index (χ1v) is 9.91. The molecule has 1 amide bonds. The molecule has 2 aromatic heterocycles. The van der Waals surface area contributed by atoms with Gasteiger partial charge >= 0.3 is 5.69 Å². The van der Waals surface area contributed by atoms with E-state index in [-0.39, 0.29) is 17.1 Å². The molecule has 1 aliphatic heterocycles. The fourth-order valence-electron chi connectivity index (χ4n) is 4.84. The van der Waals surface area contributed by atoms with Crippen LogP contribution in [0.15, 0.2) is 21.7 Å². The molecule has 0 radical (unpaired) electrons. The normalized spacial score (nSPS) is 20.0. The summed E-state index contributed by atoms with van der Waals surface area (Å²) in [5.41, 5.74) is -0.431. The number of piperazine rings is 1. The topological polar surface area (TPSA) is 80.4 Å². The number of hydrogen-bond acceptors (Lipinski definition) is 5. The number of nitrogens with zero attached hydrogens (tertiary/aromatic N) is 5. The smallest absolute Gasteiger partial charge is 0.329 e. The maximum atomic E-state index is 13.4.